The molecule has 1 saturated heterocycles. The number of rotatable bonds is 5. The number of nitrogens with zero attached hydrogens (tertiary/aromatic N) is 3. The molecule has 0 spiro atoms. The van der Waals surface area contributed by atoms with Crippen LogP contribution in [0.25, 0.3) is 0 Å². The van der Waals surface area contributed by atoms with Crippen LogP contribution in [0, 0.1) is 0 Å². The van der Waals surface area contributed by atoms with Gasteiger partial charge in [0.15, 0.2) is 5.82 Å². The Morgan fingerprint density at radius 2 is 2.29 bits per heavy atom. The Bertz CT molecular complexity index is 592. The van der Waals surface area contributed by atoms with E-state index in [1.54, 1.807) is 6.07 Å². The number of nitrogen functional groups attached to an aromatic ring is 1. The third kappa shape index (κ3) is 3.33. The molecule has 2 atom stereocenters. The normalized spacial score (nSPS) is 23.7. The number of aliphatic hydroxyl groups is 1. The number of β-amino-alcohol motifs (C(OH)–C–C–N with tert-alkyl or cyclic N) is 1. The first-order valence-corrected chi connectivity index (χ1v) is 8.06. The number of hydrogen-bond donors (Lipinski definition) is 3. The van der Waals surface area contributed by atoms with Gasteiger partial charge in [-0.3, -0.25) is 0 Å². The molecule has 8 nitrogen and oxygen atoms in total. The maximum Gasteiger partial charge on any atom is 0.247 e. The lowest BCUT2D eigenvalue weighted by Gasteiger charge is -2.26. The SMILES string of the molecule is CN(C)CC1CC(O)CN1S(=O)(=O)c1cccnc1NN. The molecule has 0 aromatic carbocycles. The highest BCUT2D eigenvalue weighted by Crippen LogP contribution is 2.29. The zero-order valence-electron chi connectivity index (χ0n) is 12.1. The Hall–Kier alpha value is -1.26. The average Bonchev–Trinajstić information content (AvgIpc) is 2.79. The van der Waals surface area contributed by atoms with Crippen molar-refractivity contribution in [2.24, 2.45) is 5.84 Å². The molecule has 1 aromatic rings. The van der Waals surface area contributed by atoms with Gasteiger partial charge in [0.2, 0.25) is 10.0 Å². The molecule has 0 amide bonds. The van der Waals surface area contributed by atoms with Gasteiger partial charge in [0.05, 0.1) is 6.10 Å². The minimum atomic E-state index is -3.77. The number of aromatic nitrogens is 1. The zero-order valence-corrected chi connectivity index (χ0v) is 12.9. The Morgan fingerprint density at radius 3 is 2.90 bits per heavy atom. The topological polar surface area (TPSA) is 112 Å². The number of likely N-dealkylation sites (N-methyl/N-ethyl adjacent to an activating group) is 1. The first kappa shape index (κ1) is 16.1. The molecule has 1 fully saturated rings. The van der Waals surface area contributed by atoms with Crippen molar-refractivity contribution in [1.29, 1.82) is 0 Å². The summed E-state index contributed by atoms with van der Waals surface area (Å²) < 4.78 is 27.0. The van der Waals surface area contributed by atoms with E-state index in [1.807, 2.05) is 19.0 Å². The molecule has 2 heterocycles. The summed E-state index contributed by atoms with van der Waals surface area (Å²) in [7, 11) is -0.0325. The fraction of sp³-hybridized carbons (Fsp3) is 0.583. The lowest BCUT2D eigenvalue weighted by atomic mass is 10.2. The van der Waals surface area contributed by atoms with E-state index in [9.17, 15) is 13.5 Å². The van der Waals surface area contributed by atoms with E-state index in [4.69, 9.17) is 5.84 Å². The third-order valence-electron chi connectivity index (χ3n) is 3.41. The Kier molecular flexibility index (Phi) is 4.79. The first-order chi connectivity index (χ1) is 9.86. The largest absolute Gasteiger partial charge is 0.392 e. The second-order valence-corrected chi connectivity index (χ2v) is 7.23. The highest BCUT2D eigenvalue weighted by Gasteiger charge is 2.40. The van der Waals surface area contributed by atoms with Crippen LogP contribution in [-0.4, -0.2) is 67.0 Å². The standard InChI is InChI=1S/C12H21N5O3S/c1-16(2)7-9-6-10(18)8-17(9)21(19,20)11-4-3-5-14-12(11)15-13/h3-5,9-10,18H,6-8,13H2,1-2H3,(H,14,15). The fourth-order valence-corrected chi connectivity index (χ4v) is 4.35. The van der Waals surface area contributed by atoms with Crippen LogP contribution in [0.15, 0.2) is 23.2 Å². The Morgan fingerprint density at radius 1 is 1.57 bits per heavy atom. The number of hydrogen-bond acceptors (Lipinski definition) is 7. The van der Waals surface area contributed by atoms with E-state index in [0.717, 1.165) is 0 Å². The first-order valence-electron chi connectivity index (χ1n) is 6.62. The van der Waals surface area contributed by atoms with Crippen LogP contribution in [-0.2, 0) is 10.0 Å². The van der Waals surface area contributed by atoms with E-state index in [-0.39, 0.29) is 23.3 Å². The van der Waals surface area contributed by atoms with Crippen molar-refractivity contribution in [2.45, 2.75) is 23.5 Å². The van der Waals surface area contributed by atoms with Crippen molar-refractivity contribution in [1.82, 2.24) is 14.2 Å². The molecule has 1 aliphatic heterocycles. The lowest BCUT2D eigenvalue weighted by molar-refractivity contribution is 0.188. The second-order valence-electron chi connectivity index (χ2n) is 5.37. The molecule has 0 bridgehead atoms. The van der Waals surface area contributed by atoms with Crippen LogP contribution in [0.2, 0.25) is 0 Å². The van der Waals surface area contributed by atoms with Gasteiger partial charge in [-0.1, -0.05) is 0 Å². The van der Waals surface area contributed by atoms with Crippen molar-refractivity contribution >= 4 is 15.8 Å². The number of nitrogens with two attached hydrogens (primary N) is 1. The molecular weight excluding hydrogens is 294 g/mol. The summed E-state index contributed by atoms with van der Waals surface area (Å²) in [4.78, 5) is 5.84. The molecule has 0 aliphatic carbocycles. The van der Waals surface area contributed by atoms with Crippen LogP contribution in [0.3, 0.4) is 0 Å². The van der Waals surface area contributed by atoms with Crippen molar-refractivity contribution < 1.29 is 13.5 Å². The van der Waals surface area contributed by atoms with Gasteiger partial charge in [-0.15, -0.1) is 0 Å². The number of pyridine rings is 1. The summed E-state index contributed by atoms with van der Waals surface area (Å²) in [5, 5.41) is 9.84. The van der Waals surface area contributed by atoms with Gasteiger partial charge in [0.25, 0.3) is 0 Å². The van der Waals surface area contributed by atoms with Gasteiger partial charge in [0.1, 0.15) is 4.90 Å². The summed E-state index contributed by atoms with van der Waals surface area (Å²) in [6, 6.07) is 2.72. The number of aliphatic hydroxyl groups excluding tert-OH is 1. The number of hydrazine groups is 1. The predicted molar refractivity (Wildman–Crippen MR) is 78.9 cm³/mol. The van der Waals surface area contributed by atoms with Crippen molar-refractivity contribution in [2.75, 3.05) is 32.6 Å². The maximum atomic E-state index is 12.8. The van der Waals surface area contributed by atoms with Gasteiger partial charge in [0, 0.05) is 25.3 Å². The van der Waals surface area contributed by atoms with Gasteiger partial charge >= 0.3 is 0 Å². The zero-order chi connectivity index (χ0) is 15.6. The summed E-state index contributed by atoms with van der Waals surface area (Å²) in [5.74, 6) is 5.44. The molecule has 2 rings (SSSR count). The van der Waals surface area contributed by atoms with E-state index in [0.29, 0.717) is 13.0 Å². The molecule has 1 aliphatic rings. The van der Waals surface area contributed by atoms with Gasteiger partial charge in [-0.2, -0.15) is 4.31 Å². The molecule has 0 saturated carbocycles. The van der Waals surface area contributed by atoms with Gasteiger partial charge in [-0.05, 0) is 32.6 Å². The quantitative estimate of drug-likeness (QED) is 0.474. The minimum Gasteiger partial charge on any atom is -0.392 e. The van der Waals surface area contributed by atoms with E-state index in [1.165, 1.54) is 16.6 Å². The third-order valence-corrected chi connectivity index (χ3v) is 5.36. The molecular formula is C12H21N5O3S. The van der Waals surface area contributed by atoms with Gasteiger partial charge < -0.3 is 15.4 Å². The molecule has 1 aromatic heterocycles. The smallest absolute Gasteiger partial charge is 0.247 e. The van der Waals surface area contributed by atoms with Crippen molar-refractivity contribution in [3.8, 4) is 0 Å². The van der Waals surface area contributed by atoms with E-state index in [2.05, 4.69) is 10.4 Å². The average molecular weight is 315 g/mol. The Labute approximate surface area is 124 Å². The maximum absolute atomic E-state index is 12.8. The van der Waals surface area contributed by atoms with Crippen LogP contribution in [0.5, 0.6) is 0 Å². The monoisotopic (exact) mass is 315 g/mol. The minimum absolute atomic E-state index is 0.0188. The molecule has 2 unspecified atom stereocenters. The predicted octanol–water partition coefficient (Wildman–Crippen LogP) is -0.947. The fourth-order valence-electron chi connectivity index (χ4n) is 2.58. The molecule has 118 valence electrons. The molecule has 4 N–H and O–H groups in total. The molecule has 0 radical (unpaired) electrons. The lowest BCUT2D eigenvalue weighted by Crippen LogP contribution is -2.41. The van der Waals surface area contributed by atoms with Crippen molar-refractivity contribution in [3.05, 3.63) is 18.3 Å². The summed E-state index contributed by atoms with van der Waals surface area (Å²) in [6.45, 7) is 0.627. The number of nitrogens with one attached hydrogen (secondary N) is 1. The summed E-state index contributed by atoms with van der Waals surface area (Å²) >= 11 is 0. The number of anilines is 1. The van der Waals surface area contributed by atoms with Crippen LogP contribution < -0.4 is 11.3 Å². The molecule has 9 heteroatoms. The van der Waals surface area contributed by atoms with Gasteiger partial charge in [-0.25, -0.2) is 19.2 Å². The summed E-state index contributed by atoms with van der Waals surface area (Å²) in [5.41, 5.74) is 2.30. The van der Waals surface area contributed by atoms with Crippen molar-refractivity contribution in [3.63, 3.8) is 0 Å². The van der Waals surface area contributed by atoms with Crippen LogP contribution in [0.1, 0.15) is 6.42 Å². The highest BCUT2D eigenvalue weighted by atomic mass is 32.2. The Balaban J connectivity index is 2.37. The second kappa shape index (κ2) is 6.24. The number of sulfonamides is 1. The highest BCUT2D eigenvalue weighted by molar-refractivity contribution is 7.89. The summed E-state index contributed by atoms with van der Waals surface area (Å²) in [6.07, 6.45) is 1.23. The van der Waals surface area contributed by atoms with E-state index >= 15 is 0 Å². The molecule has 21 heavy (non-hydrogen) atoms. The van der Waals surface area contributed by atoms with Crippen LogP contribution >= 0.6 is 0 Å². The van der Waals surface area contributed by atoms with Crippen LogP contribution in [0.4, 0.5) is 5.82 Å². The van der Waals surface area contributed by atoms with E-state index < -0.39 is 16.1 Å².